The number of rotatable bonds is 2. The molecule has 98 valence electrons. The van der Waals surface area contributed by atoms with Gasteiger partial charge < -0.3 is 5.73 Å². The lowest BCUT2D eigenvalue weighted by molar-refractivity contribution is -0.383. The van der Waals surface area contributed by atoms with E-state index < -0.39 is 4.92 Å². The quantitative estimate of drug-likeness (QED) is 0.563. The van der Waals surface area contributed by atoms with Gasteiger partial charge in [0.1, 0.15) is 6.33 Å². The minimum absolute atomic E-state index is 0.159. The van der Waals surface area contributed by atoms with Gasteiger partial charge >= 0.3 is 5.69 Å². The van der Waals surface area contributed by atoms with Gasteiger partial charge in [0.25, 0.3) is 0 Å². The molecular weight excluding hydrogens is 258 g/mol. The van der Waals surface area contributed by atoms with E-state index in [9.17, 15) is 10.1 Å². The van der Waals surface area contributed by atoms with Crippen molar-refractivity contribution >= 4 is 22.4 Å². The monoisotopic (exact) mass is 267 g/mol. The fourth-order valence-corrected chi connectivity index (χ4v) is 1.98. The minimum atomic E-state index is -0.583. The maximum atomic E-state index is 11.1. The van der Waals surface area contributed by atoms with E-state index in [4.69, 9.17) is 5.73 Å². The summed E-state index contributed by atoms with van der Waals surface area (Å²) in [5.41, 5.74) is 6.76. The normalized spacial score (nSPS) is 10.6. The SMILES string of the molecule is Nc1ncnc(-c2cnc3ccccc3c2)c1[N+](=O)[O-]. The molecule has 0 radical (unpaired) electrons. The molecule has 1 aromatic carbocycles. The maximum Gasteiger partial charge on any atom is 0.337 e. The molecule has 0 amide bonds. The Hall–Kier alpha value is -3.09. The third-order valence-electron chi connectivity index (χ3n) is 2.90. The zero-order chi connectivity index (χ0) is 14.1. The Labute approximate surface area is 113 Å². The number of benzene rings is 1. The van der Waals surface area contributed by atoms with Gasteiger partial charge in [-0.15, -0.1) is 0 Å². The second kappa shape index (κ2) is 4.54. The Bertz CT molecular complexity index is 819. The molecule has 0 aliphatic carbocycles. The van der Waals surface area contributed by atoms with Gasteiger partial charge in [0.15, 0.2) is 5.69 Å². The minimum Gasteiger partial charge on any atom is -0.378 e. The van der Waals surface area contributed by atoms with Crippen LogP contribution in [-0.4, -0.2) is 19.9 Å². The fraction of sp³-hybridized carbons (Fsp3) is 0. The predicted octanol–water partition coefficient (Wildman–Crippen LogP) is 2.18. The molecule has 0 saturated heterocycles. The Morgan fingerprint density at radius 3 is 2.75 bits per heavy atom. The molecule has 0 saturated carbocycles. The van der Waals surface area contributed by atoms with Crippen molar-refractivity contribution in [3.05, 3.63) is 53.0 Å². The number of hydrogen-bond donors (Lipinski definition) is 1. The number of para-hydroxylation sites is 1. The van der Waals surface area contributed by atoms with E-state index in [1.807, 2.05) is 24.3 Å². The van der Waals surface area contributed by atoms with Gasteiger partial charge in [-0.2, -0.15) is 0 Å². The summed E-state index contributed by atoms with van der Waals surface area (Å²) in [6, 6.07) is 9.28. The number of nitrogen functional groups attached to an aromatic ring is 1. The van der Waals surface area contributed by atoms with E-state index >= 15 is 0 Å². The van der Waals surface area contributed by atoms with Crippen LogP contribution in [0.2, 0.25) is 0 Å². The lowest BCUT2D eigenvalue weighted by Crippen LogP contribution is -2.02. The van der Waals surface area contributed by atoms with E-state index in [0.717, 1.165) is 10.9 Å². The summed E-state index contributed by atoms with van der Waals surface area (Å²) in [5.74, 6) is -0.159. The highest BCUT2D eigenvalue weighted by Crippen LogP contribution is 2.31. The molecule has 0 aliphatic heterocycles. The zero-order valence-electron chi connectivity index (χ0n) is 10.2. The van der Waals surface area contributed by atoms with Crippen LogP contribution in [0, 0.1) is 10.1 Å². The lowest BCUT2D eigenvalue weighted by atomic mass is 10.1. The number of anilines is 1. The summed E-state index contributed by atoms with van der Waals surface area (Å²) < 4.78 is 0. The van der Waals surface area contributed by atoms with Crippen molar-refractivity contribution in [1.82, 2.24) is 15.0 Å². The van der Waals surface area contributed by atoms with Crippen molar-refractivity contribution in [2.45, 2.75) is 0 Å². The van der Waals surface area contributed by atoms with Crippen molar-refractivity contribution in [3.8, 4) is 11.3 Å². The van der Waals surface area contributed by atoms with E-state index in [-0.39, 0.29) is 17.2 Å². The third-order valence-corrected chi connectivity index (χ3v) is 2.90. The van der Waals surface area contributed by atoms with Crippen LogP contribution >= 0.6 is 0 Å². The van der Waals surface area contributed by atoms with Crippen molar-refractivity contribution in [2.75, 3.05) is 5.73 Å². The smallest absolute Gasteiger partial charge is 0.337 e. The van der Waals surface area contributed by atoms with Gasteiger partial charge in [-0.05, 0) is 12.1 Å². The average Bonchev–Trinajstić information content (AvgIpc) is 2.46. The van der Waals surface area contributed by atoms with Gasteiger partial charge in [-0.3, -0.25) is 15.1 Å². The molecule has 0 aliphatic rings. The molecule has 0 spiro atoms. The predicted molar refractivity (Wildman–Crippen MR) is 73.8 cm³/mol. The Balaban J connectivity index is 2.25. The number of hydrogen-bond acceptors (Lipinski definition) is 6. The number of nitrogens with two attached hydrogens (primary N) is 1. The molecule has 7 nitrogen and oxygen atoms in total. The molecule has 0 unspecified atom stereocenters. The second-order valence-corrected chi connectivity index (χ2v) is 4.13. The average molecular weight is 267 g/mol. The molecule has 0 atom stereocenters. The Morgan fingerprint density at radius 2 is 1.95 bits per heavy atom. The highest BCUT2D eigenvalue weighted by Gasteiger charge is 2.22. The summed E-state index contributed by atoms with van der Waals surface area (Å²) in [4.78, 5) is 22.4. The first-order valence-electron chi connectivity index (χ1n) is 5.77. The third kappa shape index (κ3) is 1.91. The van der Waals surface area contributed by atoms with Gasteiger partial charge in [-0.25, -0.2) is 9.97 Å². The molecule has 0 fully saturated rings. The molecule has 2 aromatic heterocycles. The van der Waals surface area contributed by atoms with Crippen LogP contribution in [-0.2, 0) is 0 Å². The highest BCUT2D eigenvalue weighted by atomic mass is 16.6. The molecule has 2 N–H and O–H groups in total. The highest BCUT2D eigenvalue weighted by molar-refractivity contribution is 5.85. The molecule has 3 aromatic rings. The van der Waals surface area contributed by atoms with Crippen LogP contribution in [0.3, 0.4) is 0 Å². The fourth-order valence-electron chi connectivity index (χ4n) is 1.98. The van der Waals surface area contributed by atoms with Crippen LogP contribution in [0.5, 0.6) is 0 Å². The first-order chi connectivity index (χ1) is 9.66. The number of nitro groups is 1. The van der Waals surface area contributed by atoms with Gasteiger partial charge in [0, 0.05) is 17.1 Å². The summed E-state index contributed by atoms with van der Waals surface area (Å²) in [6.07, 6.45) is 2.74. The molecule has 3 rings (SSSR count). The lowest BCUT2D eigenvalue weighted by Gasteiger charge is -2.04. The first kappa shape index (κ1) is 12.0. The summed E-state index contributed by atoms with van der Waals surface area (Å²) in [7, 11) is 0. The van der Waals surface area contributed by atoms with Crippen molar-refractivity contribution in [3.63, 3.8) is 0 Å². The molecule has 0 bridgehead atoms. The topological polar surface area (TPSA) is 108 Å². The van der Waals surface area contributed by atoms with E-state index in [1.165, 1.54) is 12.5 Å². The number of fused-ring (bicyclic) bond motifs is 1. The zero-order valence-corrected chi connectivity index (χ0v) is 10.2. The first-order valence-corrected chi connectivity index (χ1v) is 5.77. The second-order valence-electron chi connectivity index (χ2n) is 4.13. The van der Waals surface area contributed by atoms with E-state index in [1.54, 1.807) is 6.07 Å². The summed E-state index contributed by atoms with van der Waals surface area (Å²) in [5, 5.41) is 12.0. The summed E-state index contributed by atoms with van der Waals surface area (Å²) >= 11 is 0. The van der Waals surface area contributed by atoms with Crippen LogP contribution in [0.4, 0.5) is 11.5 Å². The van der Waals surface area contributed by atoms with E-state index in [2.05, 4.69) is 15.0 Å². The number of nitrogens with zero attached hydrogens (tertiary/aromatic N) is 4. The number of aromatic nitrogens is 3. The van der Waals surface area contributed by atoms with Crippen LogP contribution < -0.4 is 5.73 Å². The van der Waals surface area contributed by atoms with Crippen molar-refractivity contribution < 1.29 is 4.92 Å². The number of pyridine rings is 1. The van der Waals surface area contributed by atoms with Crippen molar-refractivity contribution in [1.29, 1.82) is 0 Å². The van der Waals surface area contributed by atoms with Gasteiger partial charge in [0.2, 0.25) is 5.82 Å². The van der Waals surface area contributed by atoms with Crippen LogP contribution in [0.25, 0.3) is 22.2 Å². The largest absolute Gasteiger partial charge is 0.378 e. The van der Waals surface area contributed by atoms with Gasteiger partial charge in [0.05, 0.1) is 10.4 Å². The van der Waals surface area contributed by atoms with Gasteiger partial charge in [-0.1, -0.05) is 18.2 Å². The van der Waals surface area contributed by atoms with E-state index in [0.29, 0.717) is 5.56 Å². The molecular formula is C13H9N5O2. The van der Waals surface area contributed by atoms with Crippen LogP contribution in [0.1, 0.15) is 0 Å². The molecule has 2 heterocycles. The van der Waals surface area contributed by atoms with Crippen molar-refractivity contribution in [2.24, 2.45) is 0 Å². The van der Waals surface area contributed by atoms with Crippen LogP contribution in [0.15, 0.2) is 42.9 Å². The maximum absolute atomic E-state index is 11.1. The standard InChI is InChI=1S/C13H9N5O2/c14-13-12(18(19)20)11(16-7-17-13)9-5-8-3-1-2-4-10(8)15-6-9/h1-7H,(H2,14,16,17). The Morgan fingerprint density at radius 1 is 1.15 bits per heavy atom. The Kier molecular flexibility index (Phi) is 2.72. The molecule has 7 heteroatoms. The summed E-state index contributed by atoms with van der Waals surface area (Å²) in [6.45, 7) is 0. The molecule has 20 heavy (non-hydrogen) atoms.